The smallest absolute Gasteiger partial charge is 0.252 e. The Hall–Kier alpha value is -2.60. The highest BCUT2D eigenvalue weighted by Gasteiger charge is 2.21. The van der Waals surface area contributed by atoms with Crippen LogP contribution in [0.3, 0.4) is 0 Å². The molecule has 1 amide bonds. The van der Waals surface area contributed by atoms with Gasteiger partial charge < -0.3 is 15.2 Å². The Balaban J connectivity index is 1.85. The molecular formula is C18H16BrN3O2. The van der Waals surface area contributed by atoms with Crippen LogP contribution in [0, 0.1) is 6.92 Å². The van der Waals surface area contributed by atoms with E-state index in [1.807, 2.05) is 54.6 Å². The summed E-state index contributed by atoms with van der Waals surface area (Å²) >= 11 is 3.44. The monoisotopic (exact) mass is 385 g/mol. The van der Waals surface area contributed by atoms with Gasteiger partial charge in [0.25, 0.3) is 5.91 Å². The fourth-order valence-corrected chi connectivity index (χ4v) is 2.71. The normalized spacial score (nSPS) is 11.8. The van der Waals surface area contributed by atoms with Crippen molar-refractivity contribution in [1.29, 1.82) is 0 Å². The summed E-state index contributed by atoms with van der Waals surface area (Å²) in [5.74, 6) is 0.824. The fraction of sp³-hybridized carbons (Fsp3) is 0.111. The summed E-state index contributed by atoms with van der Waals surface area (Å²) in [5.41, 5.74) is 1.69. The second kappa shape index (κ2) is 7.31. The first-order valence-electron chi connectivity index (χ1n) is 7.43. The van der Waals surface area contributed by atoms with E-state index < -0.39 is 6.04 Å². The number of benzene rings is 2. The SMILES string of the molecule is Cc1cc(NC(=O)[C@H](Nc2cccc(Br)c2)c2ccccc2)no1. The first kappa shape index (κ1) is 16.3. The van der Waals surface area contributed by atoms with Crippen LogP contribution >= 0.6 is 15.9 Å². The van der Waals surface area contributed by atoms with E-state index in [1.54, 1.807) is 13.0 Å². The second-order valence-corrected chi connectivity index (χ2v) is 6.23. The van der Waals surface area contributed by atoms with E-state index in [1.165, 1.54) is 0 Å². The van der Waals surface area contributed by atoms with E-state index in [9.17, 15) is 4.79 Å². The third-order valence-corrected chi connectivity index (χ3v) is 3.90. The molecule has 1 atom stereocenters. The molecule has 0 spiro atoms. The average molecular weight is 386 g/mol. The summed E-state index contributed by atoms with van der Waals surface area (Å²) in [5, 5.41) is 9.85. The van der Waals surface area contributed by atoms with E-state index >= 15 is 0 Å². The predicted molar refractivity (Wildman–Crippen MR) is 96.8 cm³/mol. The standard InChI is InChI=1S/C18H16BrN3O2/c1-12-10-16(22-24-12)21-18(23)17(13-6-3-2-4-7-13)20-15-9-5-8-14(19)11-15/h2-11,17,20H,1H3,(H,21,22,23)/t17-/m1/s1. The molecule has 2 N–H and O–H groups in total. The van der Waals surface area contributed by atoms with Gasteiger partial charge in [0.1, 0.15) is 11.8 Å². The third-order valence-electron chi connectivity index (χ3n) is 3.41. The molecule has 122 valence electrons. The number of nitrogens with one attached hydrogen (secondary N) is 2. The summed E-state index contributed by atoms with van der Waals surface area (Å²) in [4.78, 5) is 12.7. The molecule has 0 fully saturated rings. The number of rotatable bonds is 5. The van der Waals surface area contributed by atoms with Crippen LogP contribution in [0.4, 0.5) is 11.5 Å². The molecule has 0 unspecified atom stereocenters. The van der Waals surface area contributed by atoms with E-state index in [4.69, 9.17) is 4.52 Å². The first-order chi connectivity index (χ1) is 11.6. The summed E-state index contributed by atoms with van der Waals surface area (Å²) in [6.07, 6.45) is 0. The van der Waals surface area contributed by atoms with Gasteiger partial charge in [0.05, 0.1) is 0 Å². The summed E-state index contributed by atoms with van der Waals surface area (Å²) in [6, 6.07) is 18.3. The molecule has 5 nitrogen and oxygen atoms in total. The molecular weight excluding hydrogens is 370 g/mol. The lowest BCUT2D eigenvalue weighted by molar-refractivity contribution is -0.117. The van der Waals surface area contributed by atoms with Gasteiger partial charge in [-0.2, -0.15) is 0 Å². The molecule has 1 heterocycles. The molecule has 2 aromatic carbocycles. The molecule has 1 aromatic heterocycles. The van der Waals surface area contributed by atoms with Gasteiger partial charge in [0, 0.05) is 16.2 Å². The minimum atomic E-state index is -0.558. The van der Waals surface area contributed by atoms with Crippen LogP contribution in [-0.4, -0.2) is 11.1 Å². The molecule has 0 aliphatic heterocycles. The van der Waals surface area contributed by atoms with Crippen molar-refractivity contribution in [1.82, 2.24) is 5.16 Å². The van der Waals surface area contributed by atoms with Crippen molar-refractivity contribution in [3.63, 3.8) is 0 Å². The molecule has 0 aliphatic carbocycles. The number of carbonyl (C=O) groups excluding carboxylic acids is 1. The number of anilines is 2. The average Bonchev–Trinajstić information content (AvgIpc) is 2.98. The summed E-state index contributed by atoms with van der Waals surface area (Å²) < 4.78 is 5.93. The minimum Gasteiger partial charge on any atom is -0.370 e. The van der Waals surface area contributed by atoms with Crippen molar-refractivity contribution in [2.45, 2.75) is 13.0 Å². The number of hydrogen-bond acceptors (Lipinski definition) is 4. The van der Waals surface area contributed by atoms with Gasteiger partial charge in [-0.3, -0.25) is 4.79 Å². The Morgan fingerprint density at radius 2 is 1.92 bits per heavy atom. The Morgan fingerprint density at radius 3 is 2.58 bits per heavy atom. The van der Waals surface area contributed by atoms with Crippen LogP contribution in [0.1, 0.15) is 17.4 Å². The summed E-state index contributed by atoms with van der Waals surface area (Å²) in [7, 11) is 0. The van der Waals surface area contributed by atoms with E-state index in [0.29, 0.717) is 11.6 Å². The van der Waals surface area contributed by atoms with Crippen LogP contribution in [0.5, 0.6) is 0 Å². The largest absolute Gasteiger partial charge is 0.370 e. The maximum absolute atomic E-state index is 12.7. The second-order valence-electron chi connectivity index (χ2n) is 5.31. The Morgan fingerprint density at radius 1 is 1.12 bits per heavy atom. The van der Waals surface area contributed by atoms with Crippen molar-refractivity contribution >= 4 is 33.3 Å². The first-order valence-corrected chi connectivity index (χ1v) is 8.22. The van der Waals surface area contributed by atoms with Crippen molar-refractivity contribution < 1.29 is 9.32 Å². The lowest BCUT2D eigenvalue weighted by Crippen LogP contribution is -2.27. The predicted octanol–water partition coefficient (Wildman–Crippen LogP) is 4.54. The highest BCUT2D eigenvalue weighted by atomic mass is 79.9. The van der Waals surface area contributed by atoms with Crippen molar-refractivity contribution in [3.05, 3.63) is 76.5 Å². The van der Waals surface area contributed by atoms with E-state index in [0.717, 1.165) is 15.7 Å². The van der Waals surface area contributed by atoms with Crippen LogP contribution in [0.15, 0.2) is 69.7 Å². The molecule has 0 saturated carbocycles. The molecule has 0 aliphatic rings. The number of carbonyl (C=O) groups is 1. The maximum atomic E-state index is 12.7. The maximum Gasteiger partial charge on any atom is 0.252 e. The number of nitrogens with zero attached hydrogens (tertiary/aromatic N) is 1. The van der Waals surface area contributed by atoms with Crippen LogP contribution in [0.2, 0.25) is 0 Å². The van der Waals surface area contributed by atoms with Gasteiger partial charge in [-0.1, -0.05) is 57.5 Å². The van der Waals surface area contributed by atoms with Gasteiger partial charge in [-0.05, 0) is 30.7 Å². The zero-order chi connectivity index (χ0) is 16.9. The van der Waals surface area contributed by atoms with E-state index in [-0.39, 0.29) is 5.91 Å². The minimum absolute atomic E-state index is 0.213. The number of amides is 1. The Bertz CT molecular complexity index is 833. The van der Waals surface area contributed by atoms with Gasteiger partial charge in [-0.25, -0.2) is 0 Å². The molecule has 6 heteroatoms. The Kier molecular flexibility index (Phi) is 4.96. The number of aromatic nitrogens is 1. The van der Waals surface area contributed by atoms with Crippen LogP contribution in [0.25, 0.3) is 0 Å². The fourth-order valence-electron chi connectivity index (χ4n) is 2.31. The molecule has 24 heavy (non-hydrogen) atoms. The van der Waals surface area contributed by atoms with Gasteiger partial charge in [0.15, 0.2) is 5.82 Å². The lowest BCUT2D eigenvalue weighted by atomic mass is 10.1. The Labute approximate surface area is 148 Å². The third kappa shape index (κ3) is 4.02. The van der Waals surface area contributed by atoms with Crippen molar-refractivity contribution in [3.8, 4) is 0 Å². The van der Waals surface area contributed by atoms with Gasteiger partial charge in [-0.15, -0.1) is 0 Å². The number of hydrogen-bond donors (Lipinski definition) is 2. The van der Waals surface area contributed by atoms with Crippen molar-refractivity contribution in [2.75, 3.05) is 10.6 Å². The van der Waals surface area contributed by atoms with Crippen LogP contribution < -0.4 is 10.6 Å². The molecule has 3 aromatic rings. The molecule has 0 radical (unpaired) electrons. The van der Waals surface area contributed by atoms with Crippen LogP contribution in [-0.2, 0) is 4.79 Å². The van der Waals surface area contributed by atoms with E-state index in [2.05, 4.69) is 31.7 Å². The number of halogens is 1. The molecule has 3 rings (SSSR count). The highest BCUT2D eigenvalue weighted by molar-refractivity contribution is 9.10. The molecule has 0 saturated heterocycles. The lowest BCUT2D eigenvalue weighted by Gasteiger charge is -2.19. The number of aryl methyl sites for hydroxylation is 1. The summed E-state index contributed by atoms with van der Waals surface area (Å²) in [6.45, 7) is 1.77. The quantitative estimate of drug-likeness (QED) is 0.676. The zero-order valence-electron chi connectivity index (χ0n) is 13.0. The molecule has 0 bridgehead atoms. The zero-order valence-corrected chi connectivity index (χ0v) is 14.6. The van der Waals surface area contributed by atoms with Gasteiger partial charge >= 0.3 is 0 Å². The van der Waals surface area contributed by atoms with Crippen molar-refractivity contribution in [2.24, 2.45) is 0 Å². The highest BCUT2D eigenvalue weighted by Crippen LogP contribution is 2.23. The van der Waals surface area contributed by atoms with Gasteiger partial charge in [0.2, 0.25) is 0 Å². The topological polar surface area (TPSA) is 67.2 Å².